The predicted octanol–water partition coefficient (Wildman–Crippen LogP) is 10.9. The summed E-state index contributed by atoms with van der Waals surface area (Å²) < 4.78 is 0. The zero-order chi connectivity index (χ0) is 20.7. The number of rotatable bonds is 23. The van der Waals surface area contributed by atoms with E-state index < -0.39 is 0 Å². The van der Waals surface area contributed by atoms with Crippen LogP contribution in [0.5, 0.6) is 0 Å². The van der Waals surface area contributed by atoms with E-state index in [2.05, 4.69) is 27.7 Å². The second-order valence-electron chi connectivity index (χ2n) is 9.69. The second kappa shape index (κ2) is 23.3. The van der Waals surface area contributed by atoms with Gasteiger partial charge in [-0.2, -0.15) is 0 Å². The van der Waals surface area contributed by atoms with E-state index in [9.17, 15) is 0 Å². The van der Waals surface area contributed by atoms with Crippen LogP contribution in [0, 0.1) is 11.8 Å². The summed E-state index contributed by atoms with van der Waals surface area (Å²) in [5, 5.41) is 0. The van der Waals surface area contributed by atoms with Gasteiger partial charge in [-0.05, 0) is 18.3 Å². The summed E-state index contributed by atoms with van der Waals surface area (Å²) in [5.74, 6) is 2.02. The molecule has 0 saturated heterocycles. The molecule has 0 N–H and O–H groups in total. The minimum atomic E-state index is 1.00. The molecule has 0 aliphatic rings. The fourth-order valence-electron chi connectivity index (χ4n) is 4.96. The Morgan fingerprint density at radius 2 is 0.750 bits per heavy atom. The molecule has 0 radical (unpaired) electrons. The van der Waals surface area contributed by atoms with Crippen LogP contribution in [0.25, 0.3) is 0 Å². The van der Waals surface area contributed by atoms with Crippen molar-refractivity contribution in [3.05, 3.63) is 0 Å². The number of hydrogen-bond acceptors (Lipinski definition) is 0. The van der Waals surface area contributed by atoms with Crippen molar-refractivity contribution in [1.29, 1.82) is 0 Å². The molecule has 0 aromatic rings. The van der Waals surface area contributed by atoms with Gasteiger partial charge in [0.2, 0.25) is 0 Å². The van der Waals surface area contributed by atoms with E-state index in [0.29, 0.717) is 0 Å². The SMILES string of the molecule is CCCCCCCCCCCCCCCCCC(CC)CC(CCC)CCC. The Morgan fingerprint density at radius 1 is 0.357 bits per heavy atom. The third-order valence-corrected chi connectivity index (χ3v) is 6.85. The van der Waals surface area contributed by atoms with Crippen LogP contribution >= 0.6 is 0 Å². The molecule has 0 heteroatoms. The molecule has 0 nitrogen and oxygen atoms in total. The average Bonchev–Trinajstić information content (AvgIpc) is 2.70. The van der Waals surface area contributed by atoms with Gasteiger partial charge in [0.1, 0.15) is 0 Å². The summed E-state index contributed by atoms with van der Waals surface area (Å²) in [6.07, 6.45) is 32.2. The van der Waals surface area contributed by atoms with Gasteiger partial charge in [0, 0.05) is 0 Å². The largest absolute Gasteiger partial charge is 0.0654 e. The molecule has 0 spiro atoms. The van der Waals surface area contributed by atoms with E-state index >= 15 is 0 Å². The van der Waals surface area contributed by atoms with E-state index in [1.54, 1.807) is 0 Å². The number of hydrogen-bond donors (Lipinski definition) is 0. The van der Waals surface area contributed by atoms with Gasteiger partial charge in [-0.1, -0.05) is 163 Å². The van der Waals surface area contributed by atoms with Crippen LogP contribution in [-0.2, 0) is 0 Å². The second-order valence-corrected chi connectivity index (χ2v) is 9.69. The van der Waals surface area contributed by atoms with E-state index in [1.807, 2.05) is 0 Å². The molecule has 0 aliphatic carbocycles. The van der Waals surface area contributed by atoms with Crippen molar-refractivity contribution in [3.8, 4) is 0 Å². The van der Waals surface area contributed by atoms with Gasteiger partial charge < -0.3 is 0 Å². The average molecular weight is 395 g/mol. The molecule has 1 unspecified atom stereocenters. The van der Waals surface area contributed by atoms with Gasteiger partial charge in [-0.25, -0.2) is 0 Å². The van der Waals surface area contributed by atoms with E-state index in [-0.39, 0.29) is 0 Å². The highest BCUT2D eigenvalue weighted by Crippen LogP contribution is 2.27. The zero-order valence-electron chi connectivity index (χ0n) is 20.7. The smallest absolute Gasteiger partial charge is 0.0412 e. The van der Waals surface area contributed by atoms with Gasteiger partial charge in [0.05, 0.1) is 0 Å². The highest BCUT2D eigenvalue weighted by molar-refractivity contribution is 4.66. The van der Waals surface area contributed by atoms with Crippen LogP contribution < -0.4 is 0 Å². The Morgan fingerprint density at radius 3 is 1.11 bits per heavy atom. The molecule has 0 aromatic heterocycles. The lowest BCUT2D eigenvalue weighted by atomic mass is 9.84. The van der Waals surface area contributed by atoms with Crippen molar-refractivity contribution in [2.75, 3.05) is 0 Å². The summed E-state index contributed by atoms with van der Waals surface area (Å²) in [6.45, 7) is 9.44. The summed E-state index contributed by atoms with van der Waals surface area (Å²) in [6, 6.07) is 0. The molecule has 0 heterocycles. The Kier molecular flexibility index (Phi) is 23.3. The first kappa shape index (κ1) is 28.0. The van der Waals surface area contributed by atoms with Crippen LogP contribution in [0.3, 0.4) is 0 Å². The van der Waals surface area contributed by atoms with E-state index in [1.165, 1.54) is 141 Å². The fourth-order valence-corrected chi connectivity index (χ4v) is 4.96. The molecular weight excluding hydrogens is 336 g/mol. The standard InChI is InChI=1S/C28H58/c1-5-9-10-11-12-13-14-15-16-17-18-19-20-21-22-25-27(8-4)26-28(23-6-2)24-7-3/h27-28H,5-26H2,1-4H3. The first-order chi connectivity index (χ1) is 13.8. The lowest BCUT2D eigenvalue weighted by molar-refractivity contribution is 0.304. The van der Waals surface area contributed by atoms with Crippen LogP contribution in [0.4, 0.5) is 0 Å². The molecule has 0 rings (SSSR count). The van der Waals surface area contributed by atoms with Gasteiger partial charge >= 0.3 is 0 Å². The highest BCUT2D eigenvalue weighted by Gasteiger charge is 2.14. The molecule has 28 heavy (non-hydrogen) atoms. The molecule has 170 valence electrons. The van der Waals surface area contributed by atoms with Crippen molar-refractivity contribution in [2.45, 2.75) is 169 Å². The Labute approximate surface area is 181 Å². The highest BCUT2D eigenvalue weighted by atomic mass is 14.2. The number of unbranched alkanes of at least 4 members (excludes halogenated alkanes) is 14. The van der Waals surface area contributed by atoms with E-state index in [4.69, 9.17) is 0 Å². The van der Waals surface area contributed by atoms with Crippen LogP contribution in [0.2, 0.25) is 0 Å². The first-order valence-corrected chi connectivity index (χ1v) is 13.8. The van der Waals surface area contributed by atoms with Crippen molar-refractivity contribution >= 4 is 0 Å². The van der Waals surface area contributed by atoms with E-state index in [0.717, 1.165) is 11.8 Å². The topological polar surface area (TPSA) is 0 Å². The van der Waals surface area contributed by atoms with Gasteiger partial charge in [0.25, 0.3) is 0 Å². The van der Waals surface area contributed by atoms with Gasteiger partial charge in [-0.3, -0.25) is 0 Å². The maximum absolute atomic E-state index is 2.42. The quantitative estimate of drug-likeness (QED) is 0.151. The molecule has 0 aliphatic heterocycles. The third kappa shape index (κ3) is 19.3. The predicted molar refractivity (Wildman–Crippen MR) is 131 cm³/mol. The molecule has 0 fully saturated rings. The van der Waals surface area contributed by atoms with Crippen LogP contribution in [-0.4, -0.2) is 0 Å². The minimum Gasteiger partial charge on any atom is -0.0654 e. The maximum atomic E-state index is 2.42. The zero-order valence-corrected chi connectivity index (χ0v) is 20.7. The summed E-state index contributed by atoms with van der Waals surface area (Å²) in [7, 11) is 0. The normalized spacial score (nSPS) is 12.8. The molecule has 0 bridgehead atoms. The van der Waals surface area contributed by atoms with Gasteiger partial charge in [-0.15, -0.1) is 0 Å². The lowest BCUT2D eigenvalue weighted by Gasteiger charge is -2.22. The Hall–Kier alpha value is 0. The van der Waals surface area contributed by atoms with Gasteiger partial charge in [0.15, 0.2) is 0 Å². The monoisotopic (exact) mass is 394 g/mol. The van der Waals surface area contributed by atoms with Crippen molar-refractivity contribution in [1.82, 2.24) is 0 Å². The summed E-state index contributed by atoms with van der Waals surface area (Å²) >= 11 is 0. The first-order valence-electron chi connectivity index (χ1n) is 13.8. The van der Waals surface area contributed by atoms with Crippen molar-refractivity contribution in [2.24, 2.45) is 11.8 Å². The Bertz CT molecular complexity index is 263. The van der Waals surface area contributed by atoms with Crippen molar-refractivity contribution < 1.29 is 0 Å². The van der Waals surface area contributed by atoms with Crippen LogP contribution in [0.1, 0.15) is 169 Å². The van der Waals surface area contributed by atoms with Crippen LogP contribution in [0.15, 0.2) is 0 Å². The van der Waals surface area contributed by atoms with Crippen molar-refractivity contribution in [3.63, 3.8) is 0 Å². The molecule has 0 aromatic carbocycles. The fraction of sp³-hybridized carbons (Fsp3) is 1.00. The minimum absolute atomic E-state index is 1.00. The molecule has 1 atom stereocenters. The maximum Gasteiger partial charge on any atom is -0.0412 e. The summed E-state index contributed by atoms with van der Waals surface area (Å²) in [4.78, 5) is 0. The molecule has 0 amide bonds. The molecular formula is C28H58. The Balaban J connectivity index is 3.40. The molecule has 0 saturated carbocycles. The summed E-state index contributed by atoms with van der Waals surface area (Å²) in [5.41, 5.74) is 0. The third-order valence-electron chi connectivity index (χ3n) is 6.85. The lowest BCUT2D eigenvalue weighted by Crippen LogP contribution is -2.09.